The van der Waals surface area contributed by atoms with Gasteiger partial charge in [0.2, 0.25) is 5.91 Å². The second kappa shape index (κ2) is 6.72. The first-order valence-electron chi connectivity index (χ1n) is 6.24. The molecule has 1 rings (SSSR count). The van der Waals surface area contributed by atoms with Crippen LogP contribution in [-0.2, 0) is 24.4 Å². The fraction of sp³-hybridized carbons (Fsp3) is 0.500. The molecule has 0 aliphatic carbocycles. The maximum atomic E-state index is 11.5. The highest BCUT2D eigenvalue weighted by Gasteiger charge is 2.36. The number of esters is 1. The number of carbonyl (C=O) groups is 2. The number of amides is 1. The van der Waals surface area contributed by atoms with E-state index in [-0.39, 0.29) is 12.2 Å². The summed E-state index contributed by atoms with van der Waals surface area (Å²) in [7, 11) is -4.38. The Labute approximate surface area is 123 Å². The molecule has 0 saturated heterocycles. The molecule has 118 valence electrons. The van der Waals surface area contributed by atoms with Gasteiger partial charge in [0.1, 0.15) is 0 Å². The number of hydrogen-bond donors (Lipinski definition) is 2. The number of nitrogens with zero attached hydrogens (tertiary/aromatic N) is 1. The van der Waals surface area contributed by atoms with Crippen LogP contribution in [0.3, 0.4) is 0 Å². The van der Waals surface area contributed by atoms with Crippen LogP contribution in [0.2, 0.25) is 0 Å². The van der Waals surface area contributed by atoms with E-state index in [0.29, 0.717) is 0 Å². The van der Waals surface area contributed by atoms with Crippen LogP contribution in [0.5, 0.6) is 0 Å². The van der Waals surface area contributed by atoms with Crippen molar-refractivity contribution < 1.29 is 27.3 Å². The van der Waals surface area contributed by atoms with Crippen LogP contribution in [0.25, 0.3) is 0 Å². The molecule has 0 saturated carbocycles. The molecule has 1 amide bonds. The predicted molar refractivity (Wildman–Crippen MR) is 74.1 cm³/mol. The molecule has 1 aliphatic heterocycles. The smallest absolute Gasteiger partial charge is 0.307 e. The summed E-state index contributed by atoms with van der Waals surface area (Å²) in [6.07, 6.45) is 3.38. The Hall–Kier alpha value is -1.87. The fourth-order valence-electron chi connectivity index (χ4n) is 1.99. The molecule has 0 spiro atoms. The van der Waals surface area contributed by atoms with E-state index < -0.39 is 33.5 Å². The minimum Gasteiger partial charge on any atom is -0.427 e. The van der Waals surface area contributed by atoms with Gasteiger partial charge in [-0.1, -0.05) is 6.92 Å². The third-order valence-electron chi connectivity index (χ3n) is 2.71. The van der Waals surface area contributed by atoms with Crippen molar-refractivity contribution in [2.24, 2.45) is 0 Å². The average molecular weight is 318 g/mol. The van der Waals surface area contributed by atoms with E-state index in [9.17, 15) is 22.6 Å². The normalized spacial score (nSPS) is 19.7. The number of nitrogens with one attached hydrogen (secondary N) is 1. The molecule has 0 bridgehead atoms. The van der Waals surface area contributed by atoms with E-state index in [2.05, 4.69) is 5.32 Å². The molecule has 2 N–H and O–H groups in total. The first kappa shape index (κ1) is 17.2. The van der Waals surface area contributed by atoms with E-state index in [1.54, 1.807) is 6.92 Å². The van der Waals surface area contributed by atoms with Crippen LogP contribution >= 0.6 is 0 Å². The van der Waals surface area contributed by atoms with E-state index in [4.69, 9.17) is 4.74 Å². The molecular formula is C12H18N2O6S. The summed E-state index contributed by atoms with van der Waals surface area (Å²) in [5, 5.41) is 1.22. The summed E-state index contributed by atoms with van der Waals surface area (Å²) in [6, 6.07) is 0. The maximum absolute atomic E-state index is 11.5. The summed E-state index contributed by atoms with van der Waals surface area (Å²) in [6.45, 7) is 4.01. The Bertz CT molecular complexity index is 581. The molecule has 0 radical (unpaired) electrons. The van der Waals surface area contributed by atoms with E-state index in [1.165, 1.54) is 37.1 Å². The van der Waals surface area contributed by atoms with Crippen molar-refractivity contribution in [3.63, 3.8) is 0 Å². The van der Waals surface area contributed by atoms with Crippen LogP contribution in [0.15, 0.2) is 24.1 Å². The molecular weight excluding hydrogens is 300 g/mol. The molecule has 21 heavy (non-hydrogen) atoms. The van der Waals surface area contributed by atoms with Gasteiger partial charge in [0.25, 0.3) is 10.1 Å². The van der Waals surface area contributed by atoms with Crippen molar-refractivity contribution in [2.75, 3.05) is 0 Å². The van der Waals surface area contributed by atoms with Crippen molar-refractivity contribution in [3.05, 3.63) is 24.1 Å². The number of hydrogen-bond acceptors (Lipinski definition) is 6. The largest absolute Gasteiger partial charge is 0.427 e. The van der Waals surface area contributed by atoms with Gasteiger partial charge >= 0.3 is 5.97 Å². The van der Waals surface area contributed by atoms with Crippen molar-refractivity contribution >= 4 is 22.0 Å². The minimum atomic E-state index is -4.38. The number of rotatable bonds is 5. The topological polar surface area (TPSA) is 113 Å². The number of ether oxygens (including phenoxy) is 1. The SMILES string of the molecule is CCC(N1C=CC=C(OC(C)=O)C1NC(C)=O)S(=O)(=O)O. The quantitative estimate of drug-likeness (QED) is 0.555. The standard InChI is InChI=1S/C12H18N2O6S/c1-4-11(21(17,18)19)14-7-5-6-10(20-9(3)16)12(14)13-8(2)15/h5-7,11-12H,4H2,1-3H3,(H,13,15)(H,17,18,19). The summed E-state index contributed by atoms with van der Waals surface area (Å²) >= 11 is 0. The third-order valence-corrected chi connectivity index (χ3v) is 3.98. The van der Waals surface area contributed by atoms with Gasteiger partial charge in [-0.15, -0.1) is 0 Å². The molecule has 0 fully saturated rings. The molecule has 2 unspecified atom stereocenters. The lowest BCUT2D eigenvalue weighted by atomic mass is 10.2. The number of allylic oxidation sites excluding steroid dienone is 2. The minimum absolute atomic E-state index is 0.0716. The molecule has 9 heteroatoms. The summed E-state index contributed by atoms with van der Waals surface area (Å²) in [5.41, 5.74) is 0. The highest BCUT2D eigenvalue weighted by Crippen LogP contribution is 2.23. The zero-order chi connectivity index (χ0) is 16.2. The van der Waals surface area contributed by atoms with Crippen LogP contribution in [0, 0.1) is 0 Å². The lowest BCUT2D eigenvalue weighted by Crippen LogP contribution is -2.53. The van der Waals surface area contributed by atoms with Gasteiger partial charge in [0, 0.05) is 20.0 Å². The van der Waals surface area contributed by atoms with Crippen LogP contribution < -0.4 is 5.32 Å². The first-order chi connectivity index (χ1) is 9.66. The summed E-state index contributed by atoms with van der Waals surface area (Å²) in [4.78, 5) is 23.6. The molecule has 1 heterocycles. The molecule has 8 nitrogen and oxygen atoms in total. The van der Waals surface area contributed by atoms with Gasteiger partial charge in [-0.2, -0.15) is 8.42 Å². The molecule has 2 atom stereocenters. The predicted octanol–water partition coefficient (Wildman–Crippen LogP) is 0.349. The monoisotopic (exact) mass is 318 g/mol. The van der Waals surface area contributed by atoms with Gasteiger partial charge in [-0.3, -0.25) is 14.1 Å². The Morgan fingerprint density at radius 1 is 1.48 bits per heavy atom. The van der Waals surface area contributed by atoms with E-state index >= 15 is 0 Å². The van der Waals surface area contributed by atoms with Gasteiger partial charge in [-0.25, -0.2) is 0 Å². The van der Waals surface area contributed by atoms with Crippen molar-refractivity contribution in [3.8, 4) is 0 Å². The van der Waals surface area contributed by atoms with Gasteiger partial charge in [0.05, 0.1) is 0 Å². The lowest BCUT2D eigenvalue weighted by molar-refractivity contribution is -0.138. The highest BCUT2D eigenvalue weighted by atomic mass is 32.2. The van der Waals surface area contributed by atoms with Crippen LogP contribution in [-0.4, -0.2) is 41.3 Å². The fourth-order valence-corrected chi connectivity index (χ4v) is 2.91. The Kier molecular flexibility index (Phi) is 5.50. The zero-order valence-corrected chi connectivity index (χ0v) is 12.8. The average Bonchev–Trinajstić information content (AvgIpc) is 2.30. The van der Waals surface area contributed by atoms with Crippen LogP contribution in [0.1, 0.15) is 27.2 Å². The molecule has 0 aromatic carbocycles. The molecule has 0 aromatic heterocycles. The Balaban J connectivity index is 3.18. The second-order valence-electron chi connectivity index (χ2n) is 4.43. The van der Waals surface area contributed by atoms with Crippen molar-refractivity contribution in [2.45, 2.75) is 38.7 Å². The Morgan fingerprint density at radius 2 is 2.10 bits per heavy atom. The Morgan fingerprint density at radius 3 is 2.52 bits per heavy atom. The first-order valence-corrected chi connectivity index (χ1v) is 7.74. The molecule has 0 aromatic rings. The third kappa shape index (κ3) is 4.57. The van der Waals surface area contributed by atoms with Crippen LogP contribution in [0.4, 0.5) is 0 Å². The van der Waals surface area contributed by atoms with E-state index in [0.717, 1.165) is 0 Å². The second-order valence-corrected chi connectivity index (χ2v) is 6.01. The van der Waals surface area contributed by atoms with Gasteiger partial charge in [0.15, 0.2) is 17.3 Å². The highest BCUT2D eigenvalue weighted by molar-refractivity contribution is 7.86. The maximum Gasteiger partial charge on any atom is 0.307 e. The molecule has 1 aliphatic rings. The van der Waals surface area contributed by atoms with Gasteiger partial charge < -0.3 is 15.0 Å². The summed E-state index contributed by atoms with van der Waals surface area (Å²) in [5.74, 6) is -0.974. The van der Waals surface area contributed by atoms with Crippen molar-refractivity contribution in [1.82, 2.24) is 10.2 Å². The van der Waals surface area contributed by atoms with Gasteiger partial charge in [-0.05, 0) is 18.6 Å². The number of carbonyl (C=O) groups excluding carboxylic acids is 2. The van der Waals surface area contributed by atoms with Crippen molar-refractivity contribution in [1.29, 1.82) is 0 Å². The van der Waals surface area contributed by atoms with E-state index in [1.807, 2.05) is 0 Å². The summed E-state index contributed by atoms with van der Waals surface area (Å²) < 4.78 is 37.2. The lowest BCUT2D eigenvalue weighted by Gasteiger charge is -2.37. The zero-order valence-electron chi connectivity index (χ0n) is 11.9.